The number of hydrogen-bond acceptors (Lipinski definition) is 3. The van der Waals surface area contributed by atoms with Crippen LogP contribution in [0.25, 0.3) is 5.52 Å². The Kier molecular flexibility index (Phi) is 4.05. The van der Waals surface area contributed by atoms with Gasteiger partial charge in [-0.2, -0.15) is 0 Å². The van der Waals surface area contributed by atoms with Crippen LogP contribution in [0.1, 0.15) is 12.5 Å². The molecular formula is C17H17N3O2. The number of fused-ring (bicyclic) bond motifs is 1. The summed E-state index contributed by atoms with van der Waals surface area (Å²) in [4.78, 5) is 16.4. The molecule has 0 aliphatic rings. The number of ether oxygens (including phenoxy) is 1. The predicted molar refractivity (Wildman–Crippen MR) is 85.1 cm³/mol. The summed E-state index contributed by atoms with van der Waals surface area (Å²) in [5.41, 5.74) is 1.88. The molecule has 5 heteroatoms. The second-order valence-electron chi connectivity index (χ2n) is 4.88. The second kappa shape index (κ2) is 6.30. The molecule has 22 heavy (non-hydrogen) atoms. The molecule has 2 aromatic heterocycles. The van der Waals surface area contributed by atoms with Crippen molar-refractivity contribution in [3.05, 3.63) is 60.4 Å². The van der Waals surface area contributed by atoms with E-state index in [1.54, 1.807) is 6.20 Å². The lowest BCUT2D eigenvalue weighted by Gasteiger charge is -2.06. The molecular weight excluding hydrogens is 278 g/mol. The van der Waals surface area contributed by atoms with Gasteiger partial charge in [0.05, 0.1) is 24.7 Å². The number of anilines is 1. The van der Waals surface area contributed by atoms with Crippen LogP contribution in [0.3, 0.4) is 0 Å². The van der Waals surface area contributed by atoms with Crippen LogP contribution in [-0.4, -0.2) is 21.9 Å². The smallest absolute Gasteiger partial charge is 0.231 e. The highest BCUT2D eigenvalue weighted by Gasteiger charge is 2.08. The molecule has 1 N–H and O–H groups in total. The number of aromatic nitrogens is 2. The van der Waals surface area contributed by atoms with E-state index in [4.69, 9.17) is 4.74 Å². The molecule has 112 valence electrons. The maximum atomic E-state index is 12.1. The van der Waals surface area contributed by atoms with E-state index in [1.165, 1.54) is 0 Å². The Bertz CT molecular complexity index is 778. The number of carbonyl (C=O) groups is 1. The highest BCUT2D eigenvalue weighted by molar-refractivity contribution is 5.91. The van der Waals surface area contributed by atoms with Crippen molar-refractivity contribution in [2.45, 2.75) is 13.3 Å². The number of imidazole rings is 1. The number of pyridine rings is 1. The summed E-state index contributed by atoms with van der Waals surface area (Å²) >= 11 is 0. The molecule has 0 aliphatic carbocycles. The van der Waals surface area contributed by atoms with E-state index in [2.05, 4.69) is 10.3 Å². The average Bonchev–Trinajstić information content (AvgIpc) is 2.93. The largest absolute Gasteiger partial charge is 0.494 e. The van der Waals surface area contributed by atoms with Crippen molar-refractivity contribution in [1.82, 2.24) is 9.38 Å². The Morgan fingerprint density at radius 2 is 2.05 bits per heavy atom. The fraction of sp³-hybridized carbons (Fsp3) is 0.176. The number of rotatable bonds is 5. The number of nitrogens with zero attached hydrogens (tertiary/aromatic N) is 2. The van der Waals surface area contributed by atoms with Crippen LogP contribution in [-0.2, 0) is 11.2 Å². The lowest BCUT2D eigenvalue weighted by atomic mass is 10.1. The lowest BCUT2D eigenvalue weighted by molar-refractivity contribution is -0.115. The highest BCUT2D eigenvalue weighted by atomic mass is 16.5. The van der Waals surface area contributed by atoms with Crippen LogP contribution in [0.2, 0.25) is 0 Å². The fourth-order valence-electron chi connectivity index (χ4n) is 2.26. The molecule has 0 bridgehead atoms. The van der Waals surface area contributed by atoms with Gasteiger partial charge in [-0.25, -0.2) is 4.98 Å². The molecule has 0 saturated carbocycles. The molecule has 0 aliphatic heterocycles. The fourth-order valence-corrected chi connectivity index (χ4v) is 2.26. The van der Waals surface area contributed by atoms with Gasteiger partial charge in [-0.05, 0) is 36.8 Å². The molecule has 3 aromatic rings. The first-order valence-corrected chi connectivity index (χ1v) is 7.20. The third-order valence-corrected chi connectivity index (χ3v) is 3.29. The van der Waals surface area contributed by atoms with Crippen LogP contribution < -0.4 is 10.1 Å². The zero-order chi connectivity index (χ0) is 15.4. The molecule has 0 spiro atoms. The van der Waals surface area contributed by atoms with Crippen molar-refractivity contribution in [3.63, 3.8) is 0 Å². The number of carbonyl (C=O) groups excluding carboxylic acids is 1. The molecule has 0 saturated heterocycles. The summed E-state index contributed by atoms with van der Waals surface area (Å²) in [6.07, 6.45) is 3.90. The zero-order valence-corrected chi connectivity index (χ0v) is 12.3. The Balaban J connectivity index is 1.67. The van der Waals surface area contributed by atoms with Crippen LogP contribution in [0.5, 0.6) is 5.75 Å². The van der Waals surface area contributed by atoms with E-state index in [1.807, 2.05) is 60.0 Å². The SMILES string of the molecule is CCOc1ccc(CC(=O)Nc2ncc3ccccn23)cc1. The Labute approximate surface area is 128 Å². The summed E-state index contributed by atoms with van der Waals surface area (Å²) in [6.45, 7) is 2.57. The molecule has 1 aromatic carbocycles. The van der Waals surface area contributed by atoms with E-state index in [0.29, 0.717) is 19.0 Å². The van der Waals surface area contributed by atoms with Crippen molar-refractivity contribution >= 4 is 17.4 Å². The lowest BCUT2D eigenvalue weighted by Crippen LogP contribution is -2.16. The molecule has 1 amide bonds. The summed E-state index contributed by atoms with van der Waals surface area (Å²) in [6, 6.07) is 13.3. The Morgan fingerprint density at radius 3 is 2.82 bits per heavy atom. The summed E-state index contributed by atoms with van der Waals surface area (Å²) in [7, 11) is 0. The summed E-state index contributed by atoms with van der Waals surface area (Å²) in [5.74, 6) is 1.25. The minimum absolute atomic E-state index is 0.0967. The minimum atomic E-state index is -0.0967. The molecule has 0 unspecified atom stereocenters. The maximum Gasteiger partial charge on any atom is 0.231 e. The molecule has 5 nitrogen and oxygen atoms in total. The van der Waals surface area contributed by atoms with Crippen molar-refractivity contribution in [2.75, 3.05) is 11.9 Å². The van der Waals surface area contributed by atoms with Gasteiger partial charge in [0.15, 0.2) is 0 Å². The van der Waals surface area contributed by atoms with E-state index >= 15 is 0 Å². The molecule has 0 fully saturated rings. The summed E-state index contributed by atoms with van der Waals surface area (Å²) in [5, 5.41) is 2.83. The number of benzene rings is 1. The first-order chi connectivity index (χ1) is 10.8. The van der Waals surface area contributed by atoms with Crippen molar-refractivity contribution in [1.29, 1.82) is 0 Å². The van der Waals surface area contributed by atoms with E-state index < -0.39 is 0 Å². The topological polar surface area (TPSA) is 55.6 Å². The van der Waals surface area contributed by atoms with Gasteiger partial charge in [-0.1, -0.05) is 18.2 Å². The number of nitrogens with one attached hydrogen (secondary N) is 1. The van der Waals surface area contributed by atoms with E-state index in [-0.39, 0.29) is 5.91 Å². The monoisotopic (exact) mass is 295 g/mol. The number of hydrogen-bond donors (Lipinski definition) is 1. The first kappa shape index (κ1) is 14.1. The van der Waals surface area contributed by atoms with Gasteiger partial charge in [0, 0.05) is 6.20 Å². The maximum absolute atomic E-state index is 12.1. The van der Waals surface area contributed by atoms with Crippen LogP contribution >= 0.6 is 0 Å². The third kappa shape index (κ3) is 3.09. The van der Waals surface area contributed by atoms with Gasteiger partial charge in [0.25, 0.3) is 0 Å². The van der Waals surface area contributed by atoms with Gasteiger partial charge < -0.3 is 4.74 Å². The predicted octanol–water partition coefficient (Wildman–Crippen LogP) is 2.91. The van der Waals surface area contributed by atoms with Crippen molar-refractivity contribution in [2.24, 2.45) is 0 Å². The Morgan fingerprint density at radius 1 is 1.23 bits per heavy atom. The van der Waals surface area contributed by atoms with Crippen LogP contribution in [0.15, 0.2) is 54.9 Å². The van der Waals surface area contributed by atoms with E-state index in [9.17, 15) is 4.79 Å². The van der Waals surface area contributed by atoms with Gasteiger partial charge in [0.1, 0.15) is 5.75 Å². The first-order valence-electron chi connectivity index (χ1n) is 7.20. The third-order valence-electron chi connectivity index (χ3n) is 3.29. The van der Waals surface area contributed by atoms with E-state index in [0.717, 1.165) is 16.8 Å². The highest BCUT2D eigenvalue weighted by Crippen LogP contribution is 2.14. The minimum Gasteiger partial charge on any atom is -0.494 e. The standard InChI is InChI=1S/C17H17N3O2/c1-2-22-15-8-6-13(7-9-15)11-16(21)19-17-18-12-14-5-3-4-10-20(14)17/h3-10,12H,2,11H2,1H3,(H,18,19,21). The quantitative estimate of drug-likeness (QED) is 0.787. The van der Waals surface area contributed by atoms with Gasteiger partial charge in [-0.15, -0.1) is 0 Å². The molecule has 0 radical (unpaired) electrons. The van der Waals surface area contributed by atoms with Crippen LogP contribution in [0.4, 0.5) is 5.95 Å². The average molecular weight is 295 g/mol. The van der Waals surface area contributed by atoms with Gasteiger partial charge in [-0.3, -0.25) is 14.5 Å². The normalized spacial score (nSPS) is 10.6. The Hall–Kier alpha value is -2.82. The number of amides is 1. The molecule has 3 rings (SSSR count). The van der Waals surface area contributed by atoms with Crippen molar-refractivity contribution in [3.8, 4) is 5.75 Å². The van der Waals surface area contributed by atoms with Gasteiger partial charge >= 0.3 is 0 Å². The summed E-state index contributed by atoms with van der Waals surface area (Å²) < 4.78 is 7.23. The second-order valence-corrected chi connectivity index (χ2v) is 4.88. The zero-order valence-electron chi connectivity index (χ0n) is 12.3. The van der Waals surface area contributed by atoms with Crippen LogP contribution in [0, 0.1) is 0 Å². The van der Waals surface area contributed by atoms with Crippen molar-refractivity contribution < 1.29 is 9.53 Å². The molecule has 0 atom stereocenters. The van der Waals surface area contributed by atoms with Gasteiger partial charge in [0.2, 0.25) is 11.9 Å². The molecule has 2 heterocycles.